The van der Waals surface area contributed by atoms with Gasteiger partial charge in [0.25, 0.3) is 0 Å². The maximum atomic E-state index is 11.3. The Morgan fingerprint density at radius 3 is 2.96 bits per heavy atom. The minimum absolute atomic E-state index is 0.192. The average Bonchev–Trinajstić information content (AvgIpc) is 3.18. The molecular formula is C19H24N4O4. The van der Waals surface area contributed by atoms with Gasteiger partial charge in [0.2, 0.25) is 5.91 Å². The summed E-state index contributed by atoms with van der Waals surface area (Å²) in [4.78, 5) is 20.2. The van der Waals surface area contributed by atoms with E-state index in [4.69, 9.17) is 19.2 Å². The highest BCUT2D eigenvalue weighted by molar-refractivity contribution is 5.88. The largest absolute Gasteiger partial charge is 0.487 e. The van der Waals surface area contributed by atoms with Crippen LogP contribution in [0, 0.1) is 0 Å². The quantitative estimate of drug-likeness (QED) is 0.688. The highest BCUT2D eigenvalue weighted by atomic mass is 16.5. The number of methoxy groups -OCH3 is 1. The highest BCUT2D eigenvalue weighted by Crippen LogP contribution is 2.30. The van der Waals surface area contributed by atoms with Crippen molar-refractivity contribution < 1.29 is 19.0 Å². The van der Waals surface area contributed by atoms with Gasteiger partial charge in [-0.2, -0.15) is 0 Å². The number of aromatic nitrogens is 2. The minimum atomic E-state index is -0.192. The number of pyridine rings is 2. The second kappa shape index (κ2) is 9.29. The molecule has 27 heavy (non-hydrogen) atoms. The van der Waals surface area contributed by atoms with Crippen molar-refractivity contribution in [1.29, 1.82) is 0 Å². The molecule has 1 aliphatic rings. The number of amides is 1. The summed E-state index contributed by atoms with van der Waals surface area (Å²) in [5, 5.41) is 5.94. The zero-order valence-electron chi connectivity index (χ0n) is 15.5. The zero-order chi connectivity index (χ0) is 19.1. The summed E-state index contributed by atoms with van der Waals surface area (Å²) in [5.41, 5.74) is 1.66. The third-order valence-corrected chi connectivity index (χ3v) is 4.10. The molecule has 0 spiro atoms. The molecule has 1 fully saturated rings. The maximum Gasteiger partial charge on any atom is 0.222 e. The Morgan fingerprint density at radius 2 is 2.22 bits per heavy atom. The number of hydrogen-bond donors (Lipinski definition) is 2. The van der Waals surface area contributed by atoms with Gasteiger partial charge in [0, 0.05) is 38.3 Å². The minimum Gasteiger partial charge on any atom is -0.487 e. The monoisotopic (exact) mass is 372 g/mol. The van der Waals surface area contributed by atoms with Gasteiger partial charge in [-0.15, -0.1) is 0 Å². The van der Waals surface area contributed by atoms with E-state index in [9.17, 15) is 4.79 Å². The molecule has 0 aliphatic carbocycles. The molecule has 2 aromatic heterocycles. The molecule has 2 N–H and O–H groups in total. The number of rotatable bonds is 8. The molecule has 0 aromatic carbocycles. The SMILES string of the molecule is COCCOc1cnc(NC(C)=O)cc1Nc1cccc([C@H]2CCOC2)n1. The van der Waals surface area contributed by atoms with E-state index in [1.165, 1.54) is 6.92 Å². The normalized spacial score (nSPS) is 16.1. The van der Waals surface area contributed by atoms with Crippen molar-refractivity contribution in [1.82, 2.24) is 9.97 Å². The highest BCUT2D eigenvalue weighted by Gasteiger charge is 2.19. The summed E-state index contributed by atoms with van der Waals surface area (Å²) in [6, 6.07) is 7.58. The van der Waals surface area contributed by atoms with Crippen molar-refractivity contribution in [2.75, 3.05) is 44.2 Å². The molecular weight excluding hydrogens is 348 g/mol. The summed E-state index contributed by atoms with van der Waals surface area (Å²) in [6.45, 7) is 3.75. The number of anilines is 3. The van der Waals surface area contributed by atoms with Crippen LogP contribution in [0.2, 0.25) is 0 Å². The number of nitrogens with zero attached hydrogens (tertiary/aromatic N) is 2. The fraction of sp³-hybridized carbons (Fsp3) is 0.421. The molecule has 1 saturated heterocycles. The number of ether oxygens (including phenoxy) is 3. The summed E-state index contributed by atoms with van der Waals surface area (Å²) >= 11 is 0. The fourth-order valence-corrected chi connectivity index (χ4v) is 2.79. The summed E-state index contributed by atoms with van der Waals surface area (Å²) < 4.78 is 16.2. The summed E-state index contributed by atoms with van der Waals surface area (Å²) in [6.07, 6.45) is 2.54. The first-order chi connectivity index (χ1) is 13.2. The van der Waals surface area contributed by atoms with Gasteiger partial charge in [0.1, 0.15) is 18.2 Å². The Kier molecular flexibility index (Phi) is 6.56. The lowest BCUT2D eigenvalue weighted by molar-refractivity contribution is -0.114. The Bertz CT molecular complexity index is 778. The van der Waals surface area contributed by atoms with Crippen LogP contribution in [0.25, 0.3) is 0 Å². The third-order valence-electron chi connectivity index (χ3n) is 4.10. The van der Waals surface area contributed by atoms with Crippen LogP contribution in [0.1, 0.15) is 25.0 Å². The molecule has 3 heterocycles. The van der Waals surface area contributed by atoms with Gasteiger partial charge in [-0.25, -0.2) is 9.97 Å². The van der Waals surface area contributed by atoms with Crippen molar-refractivity contribution in [2.24, 2.45) is 0 Å². The van der Waals surface area contributed by atoms with Gasteiger partial charge in [0.05, 0.1) is 25.1 Å². The van der Waals surface area contributed by atoms with Gasteiger partial charge in [-0.1, -0.05) is 6.07 Å². The van der Waals surface area contributed by atoms with Crippen molar-refractivity contribution >= 4 is 23.2 Å². The lowest BCUT2D eigenvalue weighted by Crippen LogP contribution is -2.10. The number of carbonyl (C=O) groups excluding carboxylic acids is 1. The Hall–Kier alpha value is -2.71. The van der Waals surface area contributed by atoms with E-state index in [-0.39, 0.29) is 5.91 Å². The van der Waals surface area contributed by atoms with Gasteiger partial charge in [-0.3, -0.25) is 4.79 Å². The van der Waals surface area contributed by atoms with E-state index >= 15 is 0 Å². The molecule has 8 nitrogen and oxygen atoms in total. The third kappa shape index (κ3) is 5.38. The van der Waals surface area contributed by atoms with E-state index in [1.54, 1.807) is 19.4 Å². The van der Waals surface area contributed by atoms with Crippen LogP contribution in [0.4, 0.5) is 17.3 Å². The van der Waals surface area contributed by atoms with Crippen LogP contribution in [0.3, 0.4) is 0 Å². The molecule has 0 saturated carbocycles. The average molecular weight is 372 g/mol. The Morgan fingerprint density at radius 1 is 1.33 bits per heavy atom. The van der Waals surface area contributed by atoms with Crippen molar-refractivity contribution in [3.05, 3.63) is 36.2 Å². The molecule has 0 bridgehead atoms. The summed E-state index contributed by atoms with van der Waals surface area (Å²) in [5.74, 6) is 1.80. The van der Waals surface area contributed by atoms with Gasteiger partial charge in [0.15, 0.2) is 5.75 Å². The van der Waals surface area contributed by atoms with E-state index in [2.05, 4.69) is 15.6 Å². The first kappa shape index (κ1) is 19.1. The smallest absolute Gasteiger partial charge is 0.222 e. The fourth-order valence-electron chi connectivity index (χ4n) is 2.79. The van der Waals surface area contributed by atoms with E-state index in [0.29, 0.717) is 48.8 Å². The van der Waals surface area contributed by atoms with Crippen LogP contribution in [0.15, 0.2) is 30.5 Å². The number of nitrogens with one attached hydrogen (secondary N) is 2. The Balaban J connectivity index is 1.82. The lowest BCUT2D eigenvalue weighted by atomic mass is 10.0. The van der Waals surface area contributed by atoms with Gasteiger partial charge < -0.3 is 24.8 Å². The number of hydrogen-bond acceptors (Lipinski definition) is 7. The van der Waals surface area contributed by atoms with E-state index < -0.39 is 0 Å². The molecule has 3 rings (SSSR count). The maximum absolute atomic E-state index is 11.3. The van der Waals surface area contributed by atoms with Crippen LogP contribution in [0.5, 0.6) is 5.75 Å². The van der Waals surface area contributed by atoms with E-state index in [0.717, 1.165) is 18.7 Å². The molecule has 144 valence electrons. The zero-order valence-corrected chi connectivity index (χ0v) is 15.5. The van der Waals surface area contributed by atoms with Crippen molar-refractivity contribution in [3.8, 4) is 5.75 Å². The predicted molar refractivity (Wildman–Crippen MR) is 102 cm³/mol. The molecule has 1 amide bonds. The second-order valence-electron chi connectivity index (χ2n) is 6.22. The first-order valence-corrected chi connectivity index (χ1v) is 8.87. The molecule has 8 heteroatoms. The van der Waals surface area contributed by atoms with Crippen LogP contribution in [-0.2, 0) is 14.3 Å². The van der Waals surface area contributed by atoms with Gasteiger partial charge >= 0.3 is 0 Å². The van der Waals surface area contributed by atoms with Crippen LogP contribution < -0.4 is 15.4 Å². The van der Waals surface area contributed by atoms with E-state index in [1.807, 2.05) is 18.2 Å². The molecule has 0 unspecified atom stereocenters. The molecule has 1 aliphatic heterocycles. The van der Waals surface area contributed by atoms with Gasteiger partial charge in [-0.05, 0) is 18.6 Å². The van der Waals surface area contributed by atoms with Crippen molar-refractivity contribution in [2.45, 2.75) is 19.3 Å². The standard InChI is InChI=1S/C19H24N4O4/c1-13(24)21-19-10-16(17(11-20-19)27-9-8-25-2)23-18-5-3-4-15(22-18)14-6-7-26-12-14/h3-5,10-11,14H,6-9,12H2,1-2H3,(H2,20,21,22,23,24)/t14-/m0/s1. The van der Waals surface area contributed by atoms with Crippen molar-refractivity contribution in [3.63, 3.8) is 0 Å². The predicted octanol–water partition coefficient (Wildman–Crippen LogP) is 2.71. The lowest BCUT2D eigenvalue weighted by Gasteiger charge is -2.15. The second-order valence-corrected chi connectivity index (χ2v) is 6.22. The first-order valence-electron chi connectivity index (χ1n) is 8.87. The Labute approximate surface area is 158 Å². The molecule has 2 aromatic rings. The molecule has 1 atom stereocenters. The van der Waals surface area contributed by atoms with Crippen LogP contribution >= 0.6 is 0 Å². The van der Waals surface area contributed by atoms with Crippen LogP contribution in [-0.4, -0.2) is 49.4 Å². The molecule has 0 radical (unpaired) electrons. The topological polar surface area (TPSA) is 94.6 Å². The number of carbonyl (C=O) groups is 1. The summed E-state index contributed by atoms with van der Waals surface area (Å²) in [7, 11) is 1.61.